The molecule has 1 N–H and O–H groups in total. The number of rotatable bonds is 4. The van der Waals surface area contributed by atoms with Gasteiger partial charge in [0.15, 0.2) is 5.60 Å². The number of aromatic nitrogens is 2. The van der Waals surface area contributed by atoms with Crippen molar-refractivity contribution in [3.05, 3.63) is 23.8 Å². The van der Waals surface area contributed by atoms with E-state index in [-0.39, 0.29) is 5.69 Å². The highest BCUT2D eigenvalue weighted by molar-refractivity contribution is 6.90. The molecule has 7 heteroatoms. The molecule has 0 bridgehead atoms. The summed E-state index contributed by atoms with van der Waals surface area (Å²) in [5.74, 6) is 1.58. The molecule has 0 saturated carbocycles. The lowest BCUT2D eigenvalue weighted by Gasteiger charge is -2.38. The van der Waals surface area contributed by atoms with Crippen LogP contribution in [0.1, 0.15) is 60.0 Å². The third-order valence-electron chi connectivity index (χ3n) is 4.80. The van der Waals surface area contributed by atoms with Crippen LogP contribution in [0.4, 0.5) is 13.2 Å². The lowest BCUT2D eigenvalue weighted by Crippen LogP contribution is -2.43. The summed E-state index contributed by atoms with van der Waals surface area (Å²) in [6.45, 7) is 14.1. The van der Waals surface area contributed by atoms with Crippen LogP contribution >= 0.6 is 0 Å². The Bertz CT molecular complexity index is 636. The summed E-state index contributed by atoms with van der Waals surface area (Å²) >= 11 is 0. The van der Waals surface area contributed by atoms with Crippen molar-refractivity contribution in [1.82, 2.24) is 9.97 Å². The van der Waals surface area contributed by atoms with E-state index in [2.05, 4.69) is 63.0 Å². The average Bonchev–Trinajstić information content (AvgIpc) is 2.45. The molecule has 3 nitrogen and oxygen atoms in total. The quantitative estimate of drug-likeness (QED) is 0.602. The summed E-state index contributed by atoms with van der Waals surface area (Å²) in [4.78, 5) is 6.71. The maximum absolute atomic E-state index is 12.8. The first-order valence-corrected chi connectivity index (χ1v) is 10.7. The first kappa shape index (κ1) is 21.6. The van der Waals surface area contributed by atoms with E-state index in [0.29, 0.717) is 16.6 Å². The first-order chi connectivity index (χ1) is 11.2. The van der Waals surface area contributed by atoms with E-state index in [9.17, 15) is 18.3 Å². The van der Waals surface area contributed by atoms with Crippen LogP contribution in [0.25, 0.3) is 0 Å². The smallest absolute Gasteiger partial charge is 0.372 e. The maximum atomic E-state index is 12.8. The van der Waals surface area contributed by atoms with Crippen LogP contribution in [0.5, 0.6) is 0 Å². The van der Waals surface area contributed by atoms with Crippen molar-refractivity contribution in [2.24, 2.45) is 0 Å². The van der Waals surface area contributed by atoms with Gasteiger partial charge < -0.3 is 5.11 Å². The number of aliphatic hydroxyl groups is 1. The molecule has 0 aliphatic heterocycles. The van der Waals surface area contributed by atoms with Gasteiger partial charge in [0.1, 0.15) is 8.07 Å². The van der Waals surface area contributed by atoms with Gasteiger partial charge in [0, 0.05) is 6.20 Å². The Hall–Kier alpha value is -1.39. The maximum Gasteiger partial charge on any atom is 0.451 e. The van der Waals surface area contributed by atoms with Crippen LogP contribution in [0, 0.1) is 11.5 Å². The van der Waals surface area contributed by atoms with Crippen molar-refractivity contribution in [1.29, 1.82) is 0 Å². The molecule has 0 unspecified atom stereocenters. The van der Waals surface area contributed by atoms with Gasteiger partial charge in [0.05, 0.1) is 5.69 Å². The van der Waals surface area contributed by atoms with Gasteiger partial charge in [-0.3, -0.25) is 0 Å². The molecule has 1 heterocycles. The highest BCUT2D eigenvalue weighted by Gasteiger charge is 2.42. The van der Waals surface area contributed by atoms with Crippen molar-refractivity contribution in [3.63, 3.8) is 0 Å². The molecular weight excluding hydrogens is 345 g/mol. The molecular formula is C18H27F3N2OSi. The molecule has 0 aliphatic rings. The largest absolute Gasteiger partial charge is 0.451 e. The highest BCUT2D eigenvalue weighted by Crippen LogP contribution is 2.41. The van der Waals surface area contributed by atoms with E-state index in [1.807, 2.05) is 0 Å². The molecule has 1 aromatic heterocycles. The monoisotopic (exact) mass is 372 g/mol. The summed E-state index contributed by atoms with van der Waals surface area (Å²) in [6, 6.07) is 1.27. The molecule has 0 radical (unpaired) electrons. The summed E-state index contributed by atoms with van der Waals surface area (Å²) in [7, 11) is -2.11. The molecule has 0 spiro atoms. The number of halogens is 3. The number of nitrogens with zero attached hydrogens (tertiary/aromatic N) is 2. The van der Waals surface area contributed by atoms with Gasteiger partial charge in [0.2, 0.25) is 5.82 Å². The zero-order valence-electron chi connectivity index (χ0n) is 15.9. The van der Waals surface area contributed by atoms with E-state index >= 15 is 0 Å². The fourth-order valence-corrected chi connectivity index (χ4v) is 8.82. The van der Waals surface area contributed by atoms with E-state index in [1.165, 1.54) is 13.0 Å². The summed E-state index contributed by atoms with van der Waals surface area (Å²) in [6.07, 6.45) is -3.66. The van der Waals surface area contributed by atoms with E-state index in [1.54, 1.807) is 0 Å². The zero-order chi connectivity index (χ0) is 19.6. The second-order valence-electron chi connectivity index (χ2n) is 7.48. The lowest BCUT2D eigenvalue weighted by atomic mass is 10.0. The molecule has 0 saturated heterocycles. The van der Waals surface area contributed by atoms with Gasteiger partial charge in [-0.1, -0.05) is 47.5 Å². The van der Waals surface area contributed by atoms with Crippen molar-refractivity contribution in [2.75, 3.05) is 0 Å². The third-order valence-corrected chi connectivity index (χ3v) is 11.1. The van der Waals surface area contributed by atoms with Gasteiger partial charge in [-0.25, -0.2) is 9.97 Å². The molecule has 140 valence electrons. The molecule has 0 amide bonds. The first-order valence-electron chi connectivity index (χ1n) is 8.42. The predicted molar refractivity (Wildman–Crippen MR) is 95.4 cm³/mol. The minimum Gasteiger partial charge on any atom is -0.372 e. The van der Waals surface area contributed by atoms with Crippen molar-refractivity contribution < 1.29 is 18.3 Å². The summed E-state index contributed by atoms with van der Waals surface area (Å²) < 4.78 is 38.4. The Morgan fingerprint density at radius 2 is 1.52 bits per heavy atom. The highest BCUT2D eigenvalue weighted by atomic mass is 28.3. The van der Waals surface area contributed by atoms with Crippen LogP contribution in [0.15, 0.2) is 12.3 Å². The van der Waals surface area contributed by atoms with Gasteiger partial charge in [-0.15, -0.1) is 5.54 Å². The summed E-state index contributed by atoms with van der Waals surface area (Å²) in [5.41, 5.74) is 2.49. The molecule has 0 aromatic carbocycles. The van der Waals surface area contributed by atoms with Gasteiger partial charge in [0.25, 0.3) is 0 Å². The van der Waals surface area contributed by atoms with Crippen LogP contribution in [-0.4, -0.2) is 23.1 Å². The zero-order valence-corrected chi connectivity index (χ0v) is 16.9. The van der Waals surface area contributed by atoms with E-state index < -0.39 is 25.7 Å². The van der Waals surface area contributed by atoms with Crippen molar-refractivity contribution in [3.8, 4) is 11.5 Å². The molecule has 1 aromatic rings. The Morgan fingerprint density at radius 3 is 1.92 bits per heavy atom. The third kappa shape index (κ3) is 4.62. The Morgan fingerprint density at radius 1 is 1.04 bits per heavy atom. The van der Waals surface area contributed by atoms with Crippen LogP contribution in [0.3, 0.4) is 0 Å². The minimum absolute atomic E-state index is 0.138. The summed E-state index contributed by atoms with van der Waals surface area (Å²) in [5, 5.41) is 10.7. The fourth-order valence-electron chi connectivity index (χ4n) is 3.49. The Balaban J connectivity index is 3.40. The molecule has 25 heavy (non-hydrogen) atoms. The van der Waals surface area contributed by atoms with Crippen molar-refractivity contribution >= 4 is 8.07 Å². The SMILES string of the molecule is CC(C)[Si](C#C[C@@](C)(O)c1ccnc(C(F)(F)F)n1)(C(C)C)C(C)C. The Labute approximate surface area is 149 Å². The topological polar surface area (TPSA) is 46.0 Å². The predicted octanol–water partition coefficient (Wildman–Crippen LogP) is 4.92. The molecule has 0 fully saturated rings. The van der Waals surface area contributed by atoms with Gasteiger partial charge >= 0.3 is 6.18 Å². The number of hydrogen-bond donors (Lipinski definition) is 1. The standard InChI is InChI=1S/C18H27F3N2OSi/c1-12(2)25(13(3)4,14(5)6)11-9-17(7,24)15-8-10-22-16(23-15)18(19,20)21/h8,10,12-14,24H,1-7H3/t17-/m1/s1. The lowest BCUT2D eigenvalue weighted by molar-refractivity contribution is -0.145. The van der Waals surface area contributed by atoms with Crippen molar-refractivity contribution in [2.45, 2.75) is 76.9 Å². The van der Waals surface area contributed by atoms with Crippen LogP contribution in [-0.2, 0) is 11.8 Å². The van der Waals surface area contributed by atoms with Crippen LogP contribution < -0.4 is 0 Å². The number of hydrogen-bond acceptors (Lipinski definition) is 3. The second-order valence-corrected chi connectivity index (χ2v) is 13.1. The Kier molecular flexibility index (Phi) is 6.46. The van der Waals surface area contributed by atoms with Gasteiger partial charge in [-0.05, 0) is 29.6 Å². The average molecular weight is 373 g/mol. The van der Waals surface area contributed by atoms with E-state index in [4.69, 9.17) is 0 Å². The molecule has 1 rings (SSSR count). The van der Waals surface area contributed by atoms with Crippen LogP contribution in [0.2, 0.25) is 16.6 Å². The van der Waals surface area contributed by atoms with E-state index in [0.717, 1.165) is 6.20 Å². The van der Waals surface area contributed by atoms with Gasteiger partial charge in [-0.2, -0.15) is 13.2 Å². The normalized spacial score (nSPS) is 15.3. The molecule has 1 atom stereocenters. The number of alkyl halides is 3. The fraction of sp³-hybridized carbons (Fsp3) is 0.667. The molecule has 0 aliphatic carbocycles. The minimum atomic E-state index is -4.66. The second kappa shape index (κ2) is 7.46.